The van der Waals surface area contributed by atoms with Crippen LogP contribution in [0.25, 0.3) is 10.9 Å². The fraction of sp³-hybridized carbons (Fsp3) is 0.385. The lowest BCUT2D eigenvalue weighted by molar-refractivity contribution is 0.696. The summed E-state index contributed by atoms with van der Waals surface area (Å²) in [6.07, 6.45) is 6.61. The second-order valence-electron chi connectivity index (χ2n) is 3.80. The maximum absolute atomic E-state index is 4.54. The average molecular weight is 200 g/mol. The minimum atomic E-state index is 0.974. The summed E-state index contributed by atoms with van der Waals surface area (Å²) in [7, 11) is 0. The lowest BCUT2D eigenvalue weighted by Crippen LogP contribution is -1.95. The first-order valence-electron chi connectivity index (χ1n) is 5.61. The van der Waals surface area contributed by atoms with E-state index in [0.717, 1.165) is 23.1 Å². The molecule has 2 rings (SSSR count). The summed E-state index contributed by atoms with van der Waals surface area (Å²) in [6.45, 7) is 2.21. The summed E-state index contributed by atoms with van der Waals surface area (Å²) >= 11 is 0. The van der Waals surface area contributed by atoms with E-state index >= 15 is 0 Å². The fourth-order valence-corrected chi connectivity index (χ4v) is 1.66. The molecule has 0 atom stereocenters. The zero-order valence-corrected chi connectivity index (χ0v) is 9.11. The van der Waals surface area contributed by atoms with E-state index in [1.54, 1.807) is 0 Å². The number of nitrogens with zero attached hydrogens (tertiary/aromatic N) is 2. The Kier molecular flexibility index (Phi) is 3.28. The van der Waals surface area contributed by atoms with Gasteiger partial charge in [-0.25, -0.2) is 9.97 Å². The van der Waals surface area contributed by atoms with Crippen LogP contribution in [-0.2, 0) is 6.42 Å². The Morgan fingerprint density at radius 1 is 1.13 bits per heavy atom. The van der Waals surface area contributed by atoms with Gasteiger partial charge in [0.05, 0.1) is 5.52 Å². The Balaban J connectivity index is 2.16. The molecule has 0 aliphatic heterocycles. The van der Waals surface area contributed by atoms with Crippen LogP contribution in [0.2, 0.25) is 0 Å². The summed E-state index contributed by atoms with van der Waals surface area (Å²) in [4.78, 5) is 8.90. The molecule has 0 radical (unpaired) electrons. The van der Waals surface area contributed by atoms with Crippen LogP contribution >= 0.6 is 0 Å². The molecule has 1 aromatic carbocycles. The first kappa shape index (κ1) is 10.1. The van der Waals surface area contributed by atoms with Crippen molar-refractivity contribution in [2.24, 2.45) is 0 Å². The highest BCUT2D eigenvalue weighted by molar-refractivity contribution is 5.77. The minimum absolute atomic E-state index is 0.974. The Bertz CT molecular complexity index is 437. The molecule has 0 saturated carbocycles. The molecule has 1 aromatic heterocycles. The molecule has 15 heavy (non-hydrogen) atoms. The van der Waals surface area contributed by atoms with Gasteiger partial charge in [-0.05, 0) is 12.5 Å². The van der Waals surface area contributed by atoms with Gasteiger partial charge in [0.2, 0.25) is 0 Å². The predicted octanol–water partition coefficient (Wildman–Crippen LogP) is 3.36. The van der Waals surface area contributed by atoms with Gasteiger partial charge in [0, 0.05) is 18.0 Å². The van der Waals surface area contributed by atoms with Crippen molar-refractivity contribution in [3.63, 3.8) is 0 Å². The summed E-state index contributed by atoms with van der Waals surface area (Å²) in [6, 6.07) is 8.12. The molecule has 0 N–H and O–H groups in total. The van der Waals surface area contributed by atoms with E-state index in [9.17, 15) is 0 Å². The molecule has 0 fully saturated rings. The van der Waals surface area contributed by atoms with Gasteiger partial charge in [0.15, 0.2) is 0 Å². The smallest absolute Gasteiger partial charge is 0.128 e. The summed E-state index contributed by atoms with van der Waals surface area (Å²) in [5.74, 6) is 0.974. The van der Waals surface area contributed by atoms with Crippen LogP contribution in [0.1, 0.15) is 32.0 Å². The van der Waals surface area contributed by atoms with Gasteiger partial charge < -0.3 is 0 Å². The molecule has 0 bridgehead atoms. The quantitative estimate of drug-likeness (QED) is 0.707. The fourth-order valence-electron chi connectivity index (χ4n) is 1.66. The maximum Gasteiger partial charge on any atom is 0.128 e. The Morgan fingerprint density at radius 2 is 2.00 bits per heavy atom. The van der Waals surface area contributed by atoms with E-state index < -0.39 is 0 Å². The monoisotopic (exact) mass is 200 g/mol. The zero-order valence-electron chi connectivity index (χ0n) is 9.11. The number of benzene rings is 1. The Hall–Kier alpha value is -1.44. The largest absolute Gasteiger partial charge is 0.241 e. The molecule has 2 nitrogen and oxygen atoms in total. The lowest BCUT2D eigenvalue weighted by atomic mass is 10.2. The molecule has 0 unspecified atom stereocenters. The van der Waals surface area contributed by atoms with Crippen LogP contribution < -0.4 is 0 Å². The molecule has 0 aliphatic carbocycles. The molecule has 2 heteroatoms. The van der Waals surface area contributed by atoms with E-state index in [4.69, 9.17) is 0 Å². The van der Waals surface area contributed by atoms with Gasteiger partial charge in [-0.1, -0.05) is 38.0 Å². The van der Waals surface area contributed by atoms with Crippen molar-refractivity contribution in [3.05, 3.63) is 36.3 Å². The van der Waals surface area contributed by atoms with Crippen molar-refractivity contribution in [1.82, 2.24) is 9.97 Å². The molecule has 0 aliphatic rings. The summed E-state index contributed by atoms with van der Waals surface area (Å²) in [5.41, 5.74) is 1.05. The van der Waals surface area contributed by atoms with E-state index in [1.807, 2.05) is 30.5 Å². The SMILES string of the molecule is CCCCCc1ncc2ccccc2n1. The van der Waals surface area contributed by atoms with E-state index in [0.29, 0.717) is 0 Å². The number of aromatic nitrogens is 2. The van der Waals surface area contributed by atoms with Gasteiger partial charge in [-0.15, -0.1) is 0 Å². The van der Waals surface area contributed by atoms with Gasteiger partial charge in [-0.3, -0.25) is 0 Å². The number of hydrogen-bond acceptors (Lipinski definition) is 2. The summed E-state index contributed by atoms with van der Waals surface area (Å²) in [5, 5.41) is 1.12. The van der Waals surface area contributed by atoms with Gasteiger partial charge >= 0.3 is 0 Å². The first-order valence-corrected chi connectivity index (χ1v) is 5.61. The highest BCUT2D eigenvalue weighted by Crippen LogP contribution is 2.10. The van der Waals surface area contributed by atoms with E-state index in [-0.39, 0.29) is 0 Å². The van der Waals surface area contributed by atoms with Crippen molar-refractivity contribution in [1.29, 1.82) is 0 Å². The van der Waals surface area contributed by atoms with Crippen molar-refractivity contribution < 1.29 is 0 Å². The second kappa shape index (κ2) is 4.87. The third kappa shape index (κ3) is 2.52. The van der Waals surface area contributed by atoms with Crippen molar-refractivity contribution in [3.8, 4) is 0 Å². The molecule has 0 spiro atoms. The minimum Gasteiger partial charge on any atom is -0.241 e. The number of unbranched alkanes of at least 4 members (excludes halogenated alkanes) is 2. The van der Waals surface area contributed by atoms with E-state index in [1.165, 1.54) is 19.3 Å². The van der Waals surface area contributed by atoms with Crippen molar-refractivity contribution in [2.45, 2.75) is 32.6 Å². The van der Waals surface area contributed by atoms with Crippen LogP contribution in [0.4, 0.5) is 0 Å². The predicted molar refractivity (Wildman–Crippen MR) is 62.8 cm³/mol. The molecule has 78 valence electrons. The van der Waals surface area contributed by atoms with Crippen molar-refractivity contribution in [2.75, 3.05) is 0 Å². The van der Waals surface area contributed by atoms with Crippen LogP contribution in [0.5, 0.6) is 0 Å². The van der Waals surface area contributed by atoms with Gasteiger partial charge in [0.1, 0.15) is 5.82 Å². The van der Waals surface area contributed by atoms with Crippen LogP contribution in [0.15, 0.2) is 30.5 Å². The van der Waals surface area contributed by atoms with Crippen LogP contribution in [0.3, 0.4) is 0 Å². The third-order valence-corrected chi connectivity index (χ3v) is 2.54. The average Bonchev–Trinajstić information content (AvgIpc) is 2.29. The Morgan fingerprint density at radius 3 is 2.87 bits per heavy atom. The normalized spacial score (nSPS) is 10.7. The number of hydrogen-bond donors (Lipinski definition) is 0. The number of rotatable bonds is 4. The first-order chi connectivity index (χ1) is 7.40. The van der Waals surface area contributed by atoms with Crippen molar-refractivity contribution >= 4 is 10.9 Å². The molecule has 1 heterocycles. The zero-order chi connectivity index (χ0) is 10.5. The summed E-state index contributed by atoms with van der Waals surface area (Å²) < 4.78 is 0. The maximum atomic E-state index is 4.54. The van der Waals surface area contributed by atoms with Gasteiger partial charge in [0.25, 0.3) is 0 Å². The standard InChI is InChI=1S/C13H16N2/c1-2-3-4-9-13-14-10-11-7-5-6-8-12(11)15-13/h5-8,10H,2-4,9H2,1H3. The lowest BCUT2D eigenvalue weighted by Gasteiger charge is -2.01. The highest BCUT2D eigenvalue weighted by atomic mass is 14.9. The number of fused-ring (bicyclic) bond motifs is 1. The molecule has 0 saturated heterocycles. The second-order valence-corrected chi connectivity index (χ2v) is 3.80. The molecular weight excluding hydrogens is 184 g/mol. The van der Waals surface area contributed by atoms with Gasteiger partial charge in [-0.2, -0.15) is 0 Å². The topological polar surface area (TPSA) is 25.8 Å². The molecule has 2 aromatic rings. The molecule has 0 amide bonds. The van der Waals surface area contributed by atoms with Crippen LogP contribution in [0, 0.1) is 0 Å². The highest BCUT2D eigenvalue weighted by Gasteiger charge is 1.98. The number of aryl methyl sites for hydroxylation is 1. The Labute approximate surface area is 90.4 Å². The third-order valence-electron chi connectivity index (χ3n) is 2.54. The molecular formula is C13H16N2. The number of para-hydroxylation sites is 1. The van der Waals surface area contributed by atoms with E-state index in [2.05, 4.69) is 16.9 Å². The van der Waals surface area contributed by atoms with Crippen LogP contribution in [-0.4, -0.2) is 9.97 Å².